The molecule has 0 saturated carbocycles. The van der Waals surface area contributed by atoms with Gasteiger partial charge in [0.2, 0.25) is 5.90 Å². The summed E-state index contributed by atoms with van der Waals surface area (Å²) in [4.78, 5) is 0.0323. The minimum Gasteiger partial charge on any atom is -0.432 e. The summed E-state index contributed by atoms with van der Waals surface area (Å²) in [6.07, 6.45) is 0. The smallest absolute Gasteiger partial charge is 0.286 e. The van der Waals surface area contributed by atoms with Crippen molar-refractivity contribution in [2.45, 2.75) is 4.90 Å². The molecule has 5 nitrogen and oxygen atoms in total. The van der Waals surface area contributed by atoms with Crippen molar-refractivity contribution in [1.82, 2.24) is 0 Å². The van der Waals surface area contributed by atoms with E-state index in [4.69, 9.17) is 10.5 Å². The summed E-state index contributed by atoms with van der Waals surface area (Å²) in [5.41, 5.74) is 5.97. The Labute approximate surface area is 114 Å². The van der Waals surface area contributed by atoms with Gasteiger partial charge in [-0.2, -0.15) is 8.42 Å². The number of nitrogens with zero attached hydrogens (tertiary/aromatic N) is 1. The lowest BCUT2D eigenvalue weighted by Crippen LogP contribution is -2.10. The van der Waals surface area contributed by atoms with Crippen LogP contribution in [0.5, 0.6) is 5.75 Å². The summed E-state index contributed by atoms with van der Waals surface area (Å²) in [5.74, 6) is -1.11. The average molecular weight is 292 g/mol. The molecule has 102 valence electrons. The first kappa shape index (κ1) is 12.6. The van der Waals surface area contributed by atoms with Gasteiger partial charge in [-0.15, -0.1) is 4.40 Å². The molecule has 0 saturated heterocycles. The highest BCUT2D eigenvalue weighted by atomic mass is 32.2. The van der Waals surface area contributed by atoms with Crippen molar-refractivity contribution < 1.29 is 17.5 Å². The Morgan fingerprint density at radius 3 is 2.60 bits per heavy atom. The predicted octanol–water partition coefficient (Wildman–Crippen LogP) is 1.94. The molecular formula is C13H9FN2O3S. The van der Waals surface area contributed by atoms with Crippen LogP contribution in [0.2, 0.25) is 0 Å². The number of benzene rings is 2. The third kappa shape index (κ3) is 1.92. The van der Waals surface area contributed by atoms with E-state index in [0.717, 1.165) is 0 Å². The van der Waals surface area contributed by atoms with Crippen LogP contribution in [0.15, 0.2) is 51.8 Å². The van der Waals surface area contributed by atoms with E-state index in [1.807, 2.05) is 0 Å². The number of nitrogen functional groups attached to an aromatic ring is 1. The fourth-order valence-electron chi connectivity index (χ4n) is 1.88. The number of sulfonamides is 1. The summed E-state index contributed by atoms with van der Waals surface area (Å²) in [7, 11) is -3.80. The van der Waals surface area contributed by atoms with Gasteiger partial charge < -0.3 is 10.5 Å². The zero-order valence-corrected chi connectivity index (χ0v) is 10.9. The van der Waals surface area contributed by atoms with Gasteiger partial charge >= 0.3 is 0 Å². The van der Waals surface area contributed by atoms with Gasteiger partial charge in [-0.25, -0.2) is 4.39 Å². The molecular weight excluding hydrogens is 283 g/mol. The van der Waals surface area contributed by atoms with Gasteiger partial charge in [-0.05, 0) is 24.3 Å². The number of anilines is 1. The normalized spacial score (nSPS) is 15.6. The Bertz CT molecular complexity index is 811. The molecule has 2 N–H and O–H groups in total. The molecule has 0 fully saturated rings. The SMILES string of the molecule is Nc1cccc(F)c1OC1=NS(=O)(=O)c2ccccc21. The van der Waals surface area contributed by atoms with Crippen molar-refractivity contribution in [2.75, 3.05) is 5.73 Å². The monoisotopic (exact) mass is 292 g/mol. The zero-order chi connectivity index (χ0) is 14.3. The highest BCUT2D eigenvalue weighted by Crippen LogP contribution is 2.31. The number of nitrogens with two attached hydrogens (primary N) is 1. The molecule has 0 aliphatic carbocycles. The third-order valence-corrected chi connectivity index (χ3v) is 4.11. The van der Waals surface area contributed by atoms with Crippen LogP contribution in [0.1, 0.15) is 5.56 Å². The second kappa shape index (κ2) is 4.31. The molecule has 20 heavy (non-hydrogen) atoms. The Morgan fingerprint density at radius 2 is 1.85 bits per heavy atom. The first-order valence-corrected chi connectivity index (χ1v) is 7.09. The van der Waals surface area contributed by atoms with Crippen LogP contribution in [-0.2, 0) is 10.0 Å². The van der Waals surface area contributed by atoms with Crippen LogP contribution in [0.3, 0.4) is 0 Å². The van der Waals surface area contributed by atoms with E-state index in [1.54, 1.807) is 12.1 Å². The maximum atomic E-state index is 13.7. The van der Waals surface area contributed by atoms with Gasteiger partial charge in [0.1, 0.15) is 4.90 Å². The minimum absolute atomic E-state index is 0.0323. The maximum absolute atomic E-state index is 13.7. The van der Waals surface area contributed by atoms with Gasteiger partial charge in [0.15, 0.2) is 11.6 Å². The van der Waals surface area contributed by atoms with E-state index >= 15 is 0 Å². The molecule has 0 bridgehead atoms. The number of hydrogen-bond acceptors (Lipinski definition) is 4. The lowest BCUT2D eigenvalue weighted by atomic mass is 10.2. The molecule has 0 spiro atoms. The molecule has 3 rings (SSSR count). The lowest BCUT2D eigenvalue weighted by molar-refractivity contribution is 0.496. The largest absolute Gasteiger partial charge is 0.432 e. The van der Waals surface area contributed by atoms with Crippen LogP contribution in [0.4, 0.5) is 10.1 Å². The molecule has 2 aromatic carbocycles. The van der Waals surface area contributed by atoms with E-state index in [2.05, 4.69) is 4.40 Å². The van der Waals surface area contributed by atoms with Crippen LogP contribution >= 0.6 is 0 Å². The summed E-state index contributed by atoms with van der Waals surface area (Å²) in [6, 6.07) is 10.2. The van der Waals surface area contributed by atoms with Gasteiger partial charge in [0.05, 0.1) is 11.3 Å². The van der Waals surface area contributed by atoms with E-state index in [-0.39, 0.29) is 27.8 Å². The first-order chi connectivity index (χ1) is 9.49. The summed E-state index contributed by atoms with van der Waals surface area (Å²) in [5, 5.41) is 0. The molecule has 1 aliphatic heterocycles. The van der Waals surface area contributed by atoms with Gasteiger partial charge in [-0.1, -0.05) is 18.2 Å². The number of rotatable bonds is 1. The molecule has 1 heterocycles. The second-order valence-electron chi connectivity index (χ2n) is 4.13. The average Bonchev–Trinajstić information content (AvgIpc) is 2.66. The van der Waals surface area contributed by atoms with Crippen LogP contribution < -0.4 is 10.5 Å². The third-order valence-electron chi connectivity index (χ3n) is 2.79. The van der Waals surface area contributed by atoms with Crippen molar-refractivity contribution in [3.63, 3.8) is 0 Å². The number of hydrogen-bond donors (Lipinski definition) is 1. The van der Waals surface area contributed by atoms with Gasteiger partial charge in [-0.3, -0.25) is 0 Å². The Kier molecular flexibility index (Phi) is 2.72. The Hall–Kier alpha value is -2.41. The van der Waals surface area contributed by atoms with E-state index in [0.29, 0.717) is 0 Å². The van der Waals surface area contributed by atoms with Crippen LogP contribution in [-0.4, -0.2) is 14.3 Å². The molecule has 0 aromatic heterocycles. The molecule has 2 aromatic rings. The van der Waals surface area contributed by atoms with Crippen molar-refractivity contribution in [3.8, 4) is 5.75 Å². The van der Waals surface area contributed by atoms with E-state index < -0.39 is 15.8 Å². The number of ether oxygens (including phenoxy) is 1. The van der Waals surface area contributed by atoms with Crippen molar-refractivity contribution in [3.05, 3.63) is 53.8 Å². The summed E-state index contributed by atoms with van der Waals surface area (Å²) < 4.78 is 46.1. The minimum atomic E-state index is -3.80. The lowest BCUT2D eigenvalue weighted by Gasteiger charge is -2.08. The molecule has 0 radical (unpaired) electrons. The molecule has 0 amide bonds. The fraction of sp³-hybridized carbons (Fsp3) is 0. The fourth-order valence-corrected chi connectivity index (χ4v) is 3.02. The van der Waals surface area contributed by atoms with Crippen LogP contribution in [0, 0.1) is 5.82 Å². The highest BCUT2D eigenvalue weighted by Gasteiger charge is 2.30. The molecule has 0 atom stereocenters. The maximum Gasteiger partial charge on any atom is 0.286 e. The predicted molar refractivity (Wildman–Crippen MR) is 71.6 cm³/mol. The van der Waals surface area contributed by atoms with E-state index in [9.17, 15) is 12.8 Å². The van der Waals surface area contributed by atoms with Crippen molar-refractivity contribution in [1.29, 1.82) is 0 Å². The molecule has 7 heteroatoms. The first-order valence-electron chi connectivity index (χ1n) is 5.65. The highest BCUT2D eigenvalue weighted by molar-refractivity contribution is 7.90. The quantitative estimate of drug-likeness (QED) is 0.814. The van der Waals surface area contributed by atoms with Crippen molar-refractivity contribution in [2.24, 2.45) is 4.40 Å². The Morgan fingerprint density at radius 1 is 1.10 bits per heavy atom. The van der Waals surface area contributed by atoms with E-state index in [1.165, 1.54) is 30.3 Å². The number of para-hydroxylation sites is 1. The summed E-state index contributed by atoms with van der Waals surface area (Å²) in [6.45, 7) is 0. The number of fused-ring (bicyclic) bond motifs is 1. The van der Waals surface area contributed by atoms with Crippen LogP contribution in [0.25, 0.3) is 0 Å². The molecule has 0 unspecified atom stereocenters. The second-order valence-corrected chi connectivity index (χ2v) is 5.70. The van der Waals surface area contributed by atoms with Gasteiger partial charge in [0.25, 0.3) is 10.0 Å². The topological polar surface area (TPSA) is 81.8 Å². The molecule has 1 aliphatic rings. The van der Waals surface area contributed by atoms with Crippen molar-refractivity contribution >= 4 is 21.6 Å². The number of halogens is 1. The summed E-state index contributed by atoms with van der Waals surface area (Å²) >= 11 is 0. The zero-order valence-electron chi connectivity index (χ0n) is 10.1. The van der Waals surface area contributed by atoms with Gasteiger partial charge in [0, 0.05) is 0 Å². The standard InChI is InChI=1S/C13H9FN2O3S/c14-9-5-3-6-10(15)12(9)19-13-8-4-1-2-7-11(8)20(17,18)16-13/h1-7H,15H2. The Balaban J connectivity index is 2.10.